The van der Waals surface area contributed by atoms with E-state index in [2.05, 4.69) is 16.6 Å². The minimum Gasteiger partial charge on any atom is -0.353 e. The van der Waals surface area contributed by atoms with Crippen molar-refractivity contribution in [1.29, 1.82) is 0 Å². The third-order valence-corrected chi connectivity index (χ3v) is 2.37. The molecule has 3 heteroatoms. The first-order valence-corrected chi connectivity index (χ1v) is 5.76. The molecule has 0 heterocycles. The van der Waals surface area contributed by atoms with Crippen molar-refractivity contribution in [2.24, 2.45) is 0 Å². The molecular formula is C12H20N2O. The molecule has 0 spiro atoms. The number of terminal acetylenes is 1. The summed E-state index contributed by atoms with van der Waals surface area (Å²) in [6.45, 7) is 1.86. The maximum absolute atomic E-state index is 11.3. The molecule has 1 rings (SSSR count). The van der Waals surface area contributed by atoms with Gasteiger partial charge < -0.3 is 10.6 Å². The van der Waals surface area contributed by atoms with E-state index >= 15 is 0 Å². The highest BCUT2D eigenvalue weighted by atomic mass is 16.1. The zero-order valence-electron chi connectivity index (χ0n) is 9.22. The van der Waals surface area contributed by atoms with Crippen LogP contribution >= 0.6 is 0 Å². The molecule has 0 radical (unpaired) electrons. The fourth-order valence-electron chi connectivity index (χ4n) is 1.34. The van der Waals surface area contributed by atoms with Gasteiger partial charge in [0.2, 0.25) is 5.91 Å². The molecule has 1 aliphatic carbocycles. The summed E-state index contributed by atoms with van der Waals surface area (Å²) >= 11 is 0. The second kappa shape index (κ2) is 7.30. The van der Waals surface area contributed by atoms with Crippen LogP contribution in [-0.4, -0.2) is 25.0 Å². The molecule has 0 aromatic rings. The molecule has 84 valence electrons. The number of hydrogen-bond donors (Lipinski definition) is 2. The highest BCUT2D eigenvalue weighted by Gasteiger charge is 2.22. The minimum absolute atomic E-state index is 0.197. The van der Waals surface area contributed by atoms with E-state index in [1.807, 2.05) is 0 Å². The Morgan fingerprint density at radius 3 is 2.73 bits per heavy atom. The van der Waals surface area contributed by atoms with Gasteiger partial charge in [-0.05, 0) is 38.8 Å². The fraction of sp³-hybridized carbons (Fsp3) is 0.750. The first kappa shape index (κ1) is 12.1. The molecule has 0 aromatic carbocycles. The maximum atomic E-state index is 11.3. The van der Waals surface area contributed by atoms with Crippen molar-refractivity contribution in [2.75, 3.05) is 13.1 Å². The van der Waals surface area contributed by atoms with Gasteiger partial charge in [-0.25, -0.2) is 0 Å². The summed E-state index contributed by atoms with van der Waals surface area (Å²) in [4.78, 5) is 11.3. The zero-order chi connectivity index (χ0) is 10.9. The van der Waals surface area contributed by atoms with Crippen molar-refractivity contribution in [3.63, 3.8) is 0 Å². The van der Waals surface area contributed by atoms with Gasteiger partial charge in [-0.3, -0.25) is 4.79 Å². The lowest BCUT2D eigenvalue weighted by Gasteiger charge is -2.04. The van der Waals surface area contributed by atoms with E-state index in [1.54, 1.807) is 0 Å². The van der Waals surface area contributed by atoms with Crippen LogP contribution in [0.2, 0.25) is 0 Å². The van der Waals surface area contributed by atoms with Gasteiger partial charge in [0, 0.05) is 18.9 Å². The van der Waals surface area contributed by atoms with Crippen molar-refractivity contribution < 1.29 is 4.79 Å². The molecule has 1 aliphatic rings. The normalized spacial score (nSPS) is 14.6. The number of unbranched alkanes of at least 4 members (excludes halogenated alkanes) is 1. The SMILES string of the molecule is C#CCCCNCCCC(=O)NC1CC1. The molecule has 1 amide bonds. The van der Waals surface area contributed by atoms with E-state index in [9.17, 15) is 4.79 Å². The third-order valence-electron chi connectivity index (χ3n) is 2.37. The molecule has 0 aliphatic heterocycles. The largest absolute Gasteiger partial charge is 0.353 e. The van der Waals surface area contributed by atoms with Crippen molar-refractivity contribution in [2.45, 2.75) is 44.6 Å². The molecule has 1 fully saturated rings. The Balaban J connectivity index is 1.79. The first-order chi connectivity index (χ1) is 7.33. The predicted octanol–water partition coefficient (Wildman–Crippen LogP) is 1.05. The van der Waals surface area contributed by atoms with E-state index in [0.29, 0.717) is 12.5 Å². The maximum Gasteiger partial charge on any atom is 0.220 e. The van der Waals surface area contributed by atoms with Crippen molar-refractivity contribution in [3.8, 4) is 12.3 Å². The van der Waals surface area contributed by atoms with Gasteiger partial charge in [0.15, 0.2) is 0 Å². The topological polar surface area (TPSA) is 41.1 Å². The zero-order valence-corrected chi connectivity index (χ0v) is 9.22. The Bertz CT molecular complexity index is 228. The monoisotopic (exact) mass is 208 g/mol. The lowest BCUT2D eigenvalue weighted by atomic mass is 10.2. The summed E-state index contributed by atoms with van der Waals surface area (Å²) in [5.74, 6) is 2.80. The lowest BCUT2D eigenvalue weighted by Crippen LogP contribution is -2.26. The van der Waals surface area contributed by atoms with E-state index in [0.717, 1.165) is 45.2 Å². The molecule has 1 saturated carbocycles. The van der Waals surface area contributed by atoms with Crippen LogP contribution < -0.4 is 10.6 Å². The molecule has 15 heavy (non-hydrogen) atoms. The van der Waals surface area contributed by atoms with Gasteiger partial charge in [-0.15, -0.1) is 12.3 Å². The average molecular weight is 208 g/mol. The summed E-state index contributed by atoms with van der Waals surface area (Å²) in [6.07, 6.45) is 10.9. The summed E-state index contributed by atoms with van der Waals surface area (Å²) in [6, 6.07) is 0.487. The van der Waals surface area contributed by atoms with Gasteiger partial charge in [-0.1, -0.05) is 0 Å². The molecule has 2 N–H and O–H groups in total. The Morgan fingerprint density at radius 2 is 2.07 bits per heavy atom. The molecule has 0 aromatic heterocycles. The fourth-order valence-corrected chi connectivity index (χ4v) is 1.34. The Morgan fingerprint density at radius 1 is 1.33 bits per heavy atom. The standard InChI is InChI=1S/C12H20N2O/c1-2-3-4-9-13-10-5-6-12(15)14-11-7-8-11/h1,11,13H,3-10H2,(H,14,15). The number of carbonyl (C=O) groups excluding carboxylic acids is 1. The lowest BCUT2D eigenvalue weighted by molar-refractivity contribution is -0.121. The number of rotatable bonds is 8. The summed E-state index contributed by atoms with van der Waals surface area (Å²) in [5.41, 5.74) is 0. The average Bonchev–Trinajstić information content (AvgIpc) is 3.00. The van der Waals surface area contributed by atoms with Gasteiger partial charge in [0.1, 0.15) is 0 Å². The van der Waals surface area contributed by atoms with Crippen molar-refractivity contribution in [1.82, 2.24) is 10.6 Å². The van der Waals surface area contributed by atoms with Gasteiger partial charge in [-0.2, -0.15) is 0 Å². The predicted molar refractivity (Wildman–Crippen MR) is 61.3 cm³/mol. The van der Waals surface area contributed by atoms with E-state index in [4.69, 9.17) is 6.42 Å². The molecule has 0 saturated heterocycles. The third kappa shape index (κ3) is 6.98. The number of amides is 1. The number of hydrogen-bond acceptors (Lipinski definition) is 2. The van der Waals surface area contributed by atoms with E-state index < -0.39 is 0 Å². The Kier molecular flexibility index (Phi) is 5.87. The summed E-state index contributed by atoms with van der Waals surface area (Å²) < 4.78 is 0. The van der Waals surface area contributed by atoms with Crippen LogP contribution in [-0.2, 0) is 4.79 Å². The molecule has 0 unspecified atom stereocenters. The van der Waals surface area contributed by atoms with Gasteiger partial charge in [0.05, 0.1) is 0 Å². The first-order valence-electron chi connectivity index (χ1n) is 5.76. The second-order valence-electron chi connectivity index (χ2n) is 4.00. The van der Waals surface area contributed by atoms with Crippen LogP contribution in [0, 0.1) is 12.3 Å². The highest BCUT2D eigenvalue weighted by Crippen LogP contribution is 2.18. The smallest absolute Gasteiger partial charge is 0.220 e. The van der Waals surface area contributed by atoms with Crippen LogP contribution in [0.3, 0.4) is 0 Å². The number of carbonyl (C=O) groups is 1. The summed E-state index contributed by atoms with van der Waals surface area (Å²) in [7, 11) is 0. The molecule has 0 atom stereocenters. The van der Waals surface area contributed by atoms with Gasteiger partial charge in [0.25, 0.3) is 0 Å². The van der Waals surface area contributed by atoms with Crippen LogP contribution in [0.15, 0.2) is 0 Å². The number of nitrogens with one attached hydrogen (secondary N) is 2. The van der Waals surface area contributed by atoms with E-state index in [1.165, 1.54) is 0 Å². The molecule has 0 bridgehead atoms. The van der Waals surface area contributed by atoms with Crippen molar-refractivity contribution >= 4 is 5.91 Å². The van der Waals surface area contributed by atoms with Gasteiger partial charge >= 0.3 is 0 Å². The van der Waals surface area contributed by atoms with Crippen molar-refractivity contribution in [3.05, 3.63) is 0 Å². The Hall–Kier alpha value is -1.01. The Labute approximate surface area is 92.0 Å². The minimum atomic E-state index is 0.197. The van der Waals surface area contributed by atoms with Crippen LogP contribution in [0.1, 0.15) is 38.5 Å². The second-order valence-corrected chi connectivity index (χ2v) is 4.00. The molecular weight excluding hydrogens is 188 g/mol. The molecule has 3 nitrogen and oxygen atoms in total. The summed E-state index contributed by atoms with van der Waals surface area (Å²) in [5, 5.41) is 6.24. The van der Waals surface area contributed by atoms with E-state index in [-0.39, 0.29) is 5.91 Å². The van der Waals surface area contributed by atoms with Crippen LogP contribution in [0.4, 0.5) is 0 Å². The van der Waals surface area contributed by atoms with Crippen LogP contribution in [0.5, 0.6) is 0 Å². The highest BCUT2D eigenvalue weighted by molar-refractivity contribution is 5.76. The quantitative estimate of drug-likeness (QED) is 0.462. The van der Waals surface area contributed by atoms with Crippen LogP contribution in [0.25, 0.3) is 0 Å².